The lowest BCUT2D eigenvalue weighted by Crippen LogP contribution is -2.13. The highest BCUT2D eigenvalue weighted by Crippen LogP contribution is 1.90. The highest BCUT2D eigenvalue weighted by Gasteiger charge is 1.91. The minimum Gasteiger partial charge on any atom is -0.445 e. The van der Waals surface area contributed by atoms with Crippen molar-refractivity contribution in [3.8, 4) is 0 Å². The highest BCUT2D eigenvalue weighted by molar-refractivity contribution is 5.64. The summed E-state index contributed by atoms with van der Waals surface area (Å²) < 4.78 is 4.47. The Hall–Kier alpha value is -0.990. The van der Waals surface area contributed by atoms with Gasteiger partial charge in [0.15, 0.2) is 0 Å². The van der Waals surface area contributed by atoms with Gasteiger partial charge >= 0.3 is 6.09 Å². The quantitative estimate of drug-likeness (QED) is 0.566. The fraction of sp³-hybridized carbons (Fsp3) is 0.500. The number of ether oxygens (including phenoxy) is 1. The molecule has 0 rings (SSSR count). The molecule has 0 heterocycles. The number of nitrogens with two attached hydrogens (primary N) is 1. The minimum atomic E-state index is -0.726. The lowest BCUT2D eigenvalue weighted by Gasteiger charge is -1.98. The van der Waals surface area contributed by atoms with Crippen molar-refractivity contribution in [2.24, 2.45) is 5.73 Å². The van der Waals surface area contributed by atoms with Crippen molar-refractivity contribution >= 4 is 6.09 Å². The average Bonchev–Trinajstić information content (AvgIpc) is 1.83. The first-order valence-electron chi connectivity index (χ1n) is 2.71. The summed E-state index contributed by atoms with van der Waals surface area (Å²) in [4.78, 5) is 9.99. The van der Waals surface area contributed by atoms with E-state index in [2.05, 4.69) is 4.74 Å². The van der Waals surface area contributed by atoms with Crippen LogP contribution in [0.2, 0.25) is 0 Å². The Balaban J connectivity index is 3.39. The SMILES string of the molecule is CC=C(C)COC(N)=O. The number of hydrogen-bond acceptors (Lipinski definition) is 2. The van der Waals surface area contributed by atoms with Crippen molar-refractivity contribution in [3.63, 3.8) is 0 Å². The van der Waals surface area contributed by atoms with Crippen LogP contribution >= 0.6 is 0 Å². The molecule has 2 N–H and O–H groups in total. The summed E-state index contributed by atoms with van der Waals surface area (Å²) in [6, 6.07) is 0. The van der Waals surface area contributed by atoms with Gasteiger partial charge < -0.3 is 10.5 Å². The molecule has 0 unspecified atom stereocenters. The molecule has 0 atom stereocenters. The van der Waals surface area contributed by atoms with Crippen LogP contribution < -0.4 is 5.73 Å². The van der Waals surface area contributed by atoms with E-state index in [1.165, 1.54) is 0 Å². The molecular formula is C6H11NO2. The second-order valence-electron chi connectivity index (χ2n) is 1.74. The fourth-order valence-electron chi connectivity index (χ4n) is 0.268. The first-order chi connectivity index (χ1) is 4.16. The van der Waals surface area contributed by atoms with E-state index in [0.29, 0.717) is 6.61 Å². The topological polar surface area (TPSA) is 52.3 Å². The average molecular weight is 129 g/mol. The van der Waals surface area contributed by atoms with Gasteiger partial charge in [0.25, 0.3) is 0 Å². The van der Waals surface area contributed by atoms with E-state index >= 15 is 0 Å². The molecular weight excluding hydrogens is 118 g/mol. The summed E-state index contributed by atoms with van der Waals surface area (Å²) >= 11 is 0. The zero-order valence-corrected chi connectivity index (χ0v) is 5.68. The molecule has 1 amide bonds. The normalized spacial score (nSPS) is 11.1. The predicted octanol–water partition coefficient (Wildman–Crippen LogP) is 1.05. The third-order valence-electron chi connectivity index (χ3n) is 0.935. The van der Waals surface area contributed by atoms with E-state index in [-0.39, 0.29) is 0 Å². The monoisotopic (exact) mass is 129 g/mol. The van der Waals surface area contributed by atoms with Gasteiger partial charge in [0, 0.05) is 0 Å². The molecule has 0 saturated carbocycles. The molecule has 0 aliphatic carbocycles. The maximum atomic E-state index is 9.99. The standard InChI is InChI=1S/C6H11NO2/c1-3-5(2)4-9-6(7)8/h3H,4H2,1-2H3,(H2,7,8). The number of allylic oxidation sites excluding steroid dienone is 1. The highest BCUT2D eigenvalue weighted by atomic mass is 16.5. The summed E-state index contributed by atoms with van der Waals surface area (Å²) in [6.07, 6.45) is 1.14. The molecule has 0 aromatic rings. The molecule has 0 radical (unpaired) electrons. The Bertz CT molecular complexity index is 129. The van der Waals surface area contributed by atoms with Gasteiger partial charge in [-0.15, -0.1) is 0 Å². The zero-order chi connectivity index (χ0) is 7.28. The number of carbonyl (C=O) groups excluding carboxylic acids is 1. The zero-order valence-electron chi connectivity index (χ0n) is 5.68. The Morgan fingerprint density at radius 2 is 2.33 bits per heavy atom. The summed E-state index contributed by atoms with van der Waals surface area (Å²) in [6.45, 7) is 4.04. The first-order valence-corrected chi connectivity index (χ1v) is 2.71. The van der Waals surface area contributed by atoms with Gasteiger partial charge in [0.05, 0.1) is 0 Å². The molecule has 0 aromatic heterocycles. The Kier molecular flexibility index (Phi) is 3.51. The van der Waals surface area contributed by atoms with Crippen molar-refractivity contribution in [2.75, 3.05) is 6.61 Å². The minimum absolute atomic E-state index is 0.297. The number of hydrogen-bond donors (Lipinski definition) is 1. The number of primary amides is 1. The van der Waals surface area contributed by atoms with Crippen LogP contribution in [0.3, 0.4) is 0 Å². The molecule has 0 saturated heterocycles. The van der Waals surface area contributed by atoms with Crippen molar-refractivity contribution in [2.45, 2.75) is 13.8 Å². The van der Waals surface area contributed by atoms with Crippen molar-refractivity contribution in [1.82, 2.24) is 0 Å². The van der Waals surface area contributed by atoms with E-state index in [4.69, 9.17) is 5.73 Å². The van der Waals surface area contributed by atoms with E-state index in [0.717, 1.165) is 5.57 Å². The van der Waals surface area contributed by atoms with Crippen LogP contribution in [0.1, 0.15) is 13.8 Å². The van der Waals surface area contributed by atoms with Crippen LogP contribution in [0, 0.1) is 0 Å². The Labute approximate surface area is 54.5 Å². The maximum Gasteiger partial charge on any atom is 0.404 e. The van der Waals surface area contributed by atoms with Gasteiger partial charge in [-0.2, -0.15) is 0 Å². The van der Waals surface area contributed by atoms with Crippen LogP contribution in [0.5, 0.6) is 0 Å². The lowest BCUT2D eigenvalue weighted by molar-refractivity contribution is 0.166. The summed E-state index contributed by atoms with van der Waals surface area (Å²) in [5.74, 6) is 0. The summed E-state index contributed by atoms with van der Waals surface area (Å²) in [7, 11) is 0. The molecule has 0 fully saturated rings. The van der Waals surface area contributed by atoms with E-state index in [9.17, 15) is 4.79 Å². The first kappa shape index (κ1) is 8.01. The van der Waals surface area contributed by atoms with Crippen LogP contribution in [0.25, 0.3) is 0 Å². The van der Waals surface area contributed by atoms with E-state index < -0.39 is 6.09 Å². The molecule has 0 spiro atoms. The number of carbonyl (C=O) groups is 1. The fourth-order valence-corrected chi connectivity index (χ4v) is 0.268. The van der Waals surface area contributed by atoms with Crippen LogP contribution in [-0.4, -0.2) is 12.7 Å². The Morgan fingerprint density at radius 3 is 2.67 bits per heavy atom. The van der Waals surface area contributed by atoms with E-state index in [1.54, 1.807) is 0 Å². The van der Waals surface area contributed by atoms with Crippen LogP contribution in [0.15, 0.2) is 11.6 Å². The Morgan fingerprint density at radius 1 is 1.78 bits per heavy atom. The van der Waals surface area contributed by atoms with Gasteiger partial charge in [-0.05, 0) is 19.4 Å². The third kappa shape index (κ3) is 4.87. The molecule has 0 aliphatic rings. The molecule has 0 bridgehead atoms. The van der Waals surface area contributed by atoms with Crippen molar-refractivity contribution in [1.29, 1.82) is 0 Å². The van der Waals surface area contributed by atoms with Gasteiger partial charge in [-0.25, -0.2) is 4.79 Å². The molecule has 0 aliphatic heterocycles. The van der Waals surface area contributed by atoms with Gasteiger partial charge in [-0.3, -0.25) is 0 Å². The van der Waals surface area contributed by atoms with Crippen molar-refractivity contribution < 1.29 is 9.53 Å². The van der Waals surface area contributed by atoms with Gasteiger partial charge in [0.2, 0.25) is 0 Å². The van der Waals surface area contributed by atoms with Gasteiger partial charge in [0.1, 0.15) is 6.61 Å². The molecule has 0 aromatic carbocycles. The van der Waals surface area contributed by atoms with E-state index in [1.807, 2.05) is 19.9 Å². The maximum absolute atomic E-state index is 9.99. The van der Waals surface area contributed by atoms with Crippen molar-refractivity contribution in [3.05, 3.63) is 11.6 Å². The van der Waals surface area contributed by atoms with Crippen LogP contribution in [0.4, 0.5) is 4.79 Å². The number of amides is 1. The molecule has 3 nitrogen and oxygen atoms in total. The molecule has 3 heteroatoms. The van der Waals surface area contributed by atoms with Gasteiger partial charge in [-0.1, -0.05) is 6.08 Å². The predicted molar refractivity (Wildman–Crippen MR) is 35.0 cm³/mol. The molecule has 52 valence electrons. The molecule has 9 heavy (non-hydrogen) atoms. The summed E-state index contributed by atoms with van der Waals surface area (Å²) in [5.41, 5.74) is 5.70. The lowest BCUT2D eigenvalue weighted by atomic mass is 10.3. The third-order valence-corrected chi connectivity index (χ3v) is 0.935. The second kappa shape index (κ2) is 3.95. The smallest absolute Gasteiger partial charge is 0.404 e. The van der Waals surface area contributed by atoms with Crippen LogP contribution in [-0.2, 0) is 4.74 Å². The summed E-state index contributed by atoms with van der Waals surface area (Å²) in [5, 5.41) is 0. The largest absolute Gasteiger partial charge is 0.445 e. The number of rotatable bonds is 2. The second-order valence-corrected chi connectivity index (χ2v) is 1.74.